The van der Waals surface area contributed by atoms with Gasteiger partial charge in [0.1, 0.15) is 6.61 Å². The van der Waals surface area contributed by atoms with Gasteiger partial charge in [-0.3, -0.25) is 14.5 Å². The fourth-order valence-corrected chi connectivity index (χ4v) is 3.57. The molecule has 0 radical (unpaired) electrons. The fraction of sp³-hybridized carbons (Fsp3) is 0.190. The van der Waals surface area contributed by atoms with Crippen LogP contribution in [-0.4, -0.2) is 42.5 Å². The summed E-state index contributed by atoms with van der Waals surface area (Å²) >= 11 is 0. The van der Waals surface area contributed by atoms with E-state index in [1.165, 1.54) is 23.3 Å². The molecule has 0 unspecified atom stereocenters. The van der Waals surface area contributed by atoms with Gasteiger partial charge in [-0.15, -0.1) is 0 Å². The quantitative estimate of drug-likeness (QED) is 0.829. The Bertz CT molecular complexity index is 887. The molecule has 1 aliphatic heterocycles. The van der Waals surface area contributed by atoms with Gasteiger partial charge in [-0.25, -0.2) is 4.79 Å². The minimum Gasteiger partial charge on any atom is -0.449 e. The van der Waals surface area contributed by atoms with Crippen molar-refractivity contribution in [3.05, 3.63) is 71.8 Å². The largest absolute Gasteiger partial charge is 0.449 e. The molecule has 2 aromatic carbocycles. The number of hydrogen-bond donors (Lipinski definition) is 1. The number of nitrogens with one attached hydrogen (secondary N) is 1. The van der Waals surface area contributed by atoms with Crippen molar-refractivity contribution in [2.45, 2.75) is 5.92 Å². The molecule has 6 heteroatoms. The van der Waals surface area contributed by atoms with Crippen LogP contribution in [0.2, 0.25) is 0 Å². The van der Waals surface area contributed by atoms with Gasteiger partial charge in [-0.05, 0) is 22.3 Å². The Labute approximate surface area is 156 Å². The van der Waals surface area contributed by atoms with Crippen LogP contribution in [0.25, 0.3) is 11.1 Å². The molecule has 2 aliphatic rings. The van der Waals surface area contributed by atoms with E-state index in [-0.39, 0.29) is 37.4 Å². The van der Waals surface area contributed by atoms with E-state index in [0.29, 0.717) is 0 Å². The van der Waals surface area contributed by atoms with Crippen LogP contribution in [0, 0.1) is 0 Å². The third-order valence-electron chi connectivity index (χ3n) is 4.85. The van der Waals surface area contributed by atoms with E-state index in [2.05, 4.69) is 29.6 Å². The highest BCUT2D eigenvalue weighted by atomic mass is 16.5. The lowest BCUT2D eigenvalue weighted by Gasteiger charge is -2.16. The Kier molecular flexibility index (Phi) is 4.46. The summed E-state index contributed by atoms with van der Waals surface area (Å²) < 4.78 is 5.40. The van der Waals surface area contributed by atoms with Crippen molar-refractivity contribution >= 4 is 17.9 Å². The lowest BCUT2D eigenvalue weighted by molar-refractivity contribution is -0.136. The number of alkyl carbamates (subject to hydrolysis) is 1. The van der Waals surface area contributed by atoms with Gasteiger partial charge in [0.25, 0.3) is 11.8 Å². The van der Waals surface area contributed by atoms with E-state index in [1.807, 2.05) is 24.3 Å². The standard InChI is InChI=1S/C21H18N2O4/c24-19-9-10-20(25)23(19)12-11-22-21(26)27-13-18-16-7-3-1-5-14(16)15-6-2-4-8-17(15)18/h1-10,18H,11-13H2,(H,22,26). The number of rotatable bonds is 5. The first-order valence-corrected chi connectivity index (χ1v) is 8.77. The zero-order chi connectivity index (χ0) is 18.8. The molecular weight excluding hydrogens is 344 g/mol. The van der Waals surface area contributed by atoms with E-state index in [4.69, 9.17) is 4.74 Å². The Hall–Kier alpha value is -3.41. The van der Waals surface area contributed by atoms with Gasteiger partial charge in [0.2, 0.25) is 0 Å². The molecule has 0 atom stereocenters. The average Bonchev–Trinajstić information content (AvgIpc) is 3.18. The Morgan fingerprint density at radius 3 is 2.07 bits per heavy atom. The summed E-state index contributed by atoms with van der Waals surface area (Å²) in [6.07, 6.45) is 1.87. The van der Waals surface area contributed by atoms with Gasteiger partial charge >= 0.3 is 6.09 Å². The Morgan fingerprint density at radius 2 is 1.48 bits per heavy atom. The van der Waals surface area contributed by atoms with Crippen molar-refractivity contribution < 1.29 is 19.1 Å². The Balaban J connectivity index is 1.34. The number of amides is 3. The van der Waals surface area contributed by atoms with Gasteiger partial charge in [0, 0.05) is 31.2 Å². The van der Waals surface area contributed by atoms with Crippen LogP contribution < -0.4 is 5.32 Å². The van der Waals surface area contributed by atoms with E-state index < -0.39 is 6.09 Å². The van der Waals surface area contributed by atoms with Crippen molar-refractivity contribution in [1.82, 2.24) is 10.2 Å². The summed E-state index contributed by atoms with van der Waals surface area (Å²) in [6.45, 7) is 0.494. The van der Waals surface area contributed by atoms with Gasteiger partial charge in [0.15, 0.2) is 0 Å². The van der Waals surface area contributed by atoms with Crippen molar-refractivity contribution in [1.29, 1.82) is 0 Å². The lowest BCUT2D eigenvalue weighted by atomic mass is 9.98. The fourth-order valence-electron chi connectivity index (χ4n) is 3.57. The molecule has 0 fully saturated rings. The number of hydrogen-bond acceptors (Lipinski definition) is 4. The number of carbonyl (C=O) groups is 3. The molecule has 3 amide bonds. The maximum absolute atomic E-state index is 12.0. The lowest BCUT2D eigenvalue weighted by Crippen LogP contribution is -2.38. The number of ether oxygens (including phenoxy) is 1. The molecule has 6 nitrogen and oxygen atoms in total. The monoisotopic (exact) mass is 362 g/mol. The van der Waals surface area contributed by atoms with Crippen LogP contribution in [0.3, 0.4) is 0 Å². The summed E-state index contributed by atoms with van der Waals surface area (Å²) in [5.41, 5.74) is 4.62. The zero-order valence-corrected chi connectivity index (χ0v) is 14.6. The second kappa shape index (κ2) is 7.07. The predicted octanol–water partition coefficient (Wildman–Crippen LogP) is 2.45. The minimum atomic E-state index is -0.566. The minimum absolute atomic E-state index is 0.00547. The summed E-state index contributed by atoms with van der Waals surface area (Å²) in [6, 6.07) is 16.2. The summed E-state index contributed by atoms with van der Waals surface area (Å²) in [5, 5.41) is 2.59. The maximum Gasteiger partial charge on any atom is 0.407 e. The molecule has 0 saturated carbocycles. The molecule has 136 valence electrons. The molecule has 27 heavy (non-hydrogen) atoms. The first-order valence-electron chi connectivity index (χ1n) is 8.77. The van der Waals surface area contributed by atoms with Crippen molar-refractivity contribution in [2.24, 2.45) is 0 Å². The van der Waals surface area contributed by atoms with Crippen LogP contribution in [0.4, 0.5) is 4.79 Å². The molecule has 1 aliphatic carbocycles. The maximum atomic E-state index is 12.0. The number of imide groups is 1. The number of carbonyl (C=O) groups excluding carboxylic acids is 3. The first-order chi connectivity index (χ1) is 13.1. The van der Waals surface area contributed by atoms with Gasteiger partial charge < -0.3 is 10.1 Å². The average molecular weight is 362 g/mol. The molecule has 0 spiro atoms. The Morgan fingerprint density at radius 1 is 0.926 bits per heavy atom. The molecular formula is C21H18N2O4. The van der Waals surface area contributed by atoms with Crippen molar-refractivity contribution in [2.75, 3.05) is 19.7 Å². The number of benzene rings is 2. The van der Waals surface area contributed by atoms with Crippen LogP contribution in [0.15, 0.2) is 60.7 Å². The topological polar surface area (TPSA) is 75.7 Å². The highest BCUT2D eigenvalue weighted by Gasteiger charge is 2.29. The molecule has 1 N–H and O–H groups in total. The summed E-state index contributed by atoms with van der Waals surface area (Å²) in [7, 11) is 0. The van der Waals surface area contributed by atoms with Crippen LogP contribution in [-0.2, 0) is 14.3 Å². The van der Waals surface area contributed by atoms with Gasteiger partial charge in [0.05, 0.1) is 0 Å². The molecule has 4 rings (SSSR count). The third kappa shape index (κ3) is 3.21. The first kappa shape index (κ1) is 17.0. The number of nitrogens with zero attached hydrogens (tertiary/aromatic N) is 1. The highest BCUT2D eigenvalue weighted by Crippen LogP contribution is 2.44. The molecule has 1 heterocycles. The molecule has 2 aromatic rings. The van der Waals surface area contributed by atoms with Crippen molar-refractivity contribution in [3.8, 4) is 11.1 Å². The predicted molar refractivity (Wildman–Crippen MR) is 98.9 cm³/mol. The highest BCUT2D eigenvalue weighted by molar-refractivity contribution is 6.12. The summed E-state index contributed by atoms with van der Waals surface area (Å²) in [5.74, 6) is -0.738. The van der Waals surface area contributed by atoms with E-state index >= 15 is 0 Å². The van der Waals surface area contributed by atoms with Gasteiger partial charge in [-0.2, -0.15) is 0 Å². The van der Waals surface area contributed by atoms with Crippen LogP contribution >= 0.6 is 0 Å². The summed E-state index contributed by atoms with van der Waals surface area (Å²) in [4.78, 5) is 36.0. The third-order valence-corrected chi connectivity index (χ3v) is 4.85. The van der Waals surface area contributed by atoms with Crippen molar-refractivity contribution in [3.63, 3.8) is 0 Å². The molecule has 0 bridgehead atoms. The van der Waals surface area contributed by atoms with Crippen LogP contribution in [0.5, 0.6) is 0 Å². The SMILES string of the molecule is O=C(NCCN1C(=O)C=CC1=O)OCC1c2ccccc2-c2ccccc21. The zero-order valence-electron chi connectivity index (χ0n) is 14.6. The van der Waals surface area contributed by atoms with Gasteiger partial charge in [-0.1, -0.05) is 48.5 Å². The van der Waals surface area contributed by atoms with E-state index in [0.717, 1.165) is 16.0 Å². The number of fused-ring (bicyclic) bond motifs is 3. The molecule has 0 saturated heterocycles. The normalized spacial score (nSPS) is 15.0. The smallest absolute Gasteiger partial charge is 0.407 e. The molecule has 0 aromatic heterocycles. The van der Waals surface area contributed by atoms with E-state index in [1.54, 1.807) is 0 Å². The van der Waals surface area contributed by atoms with Crippen LogP contribution in [0.1, 0.15) is 17.0 Å². The second-order valence-corrected chi connectivity index (χ2v) is 6.41. The van der Waals surface area contributed by atoms with E-state index in [9.17, 15) is 14.4 Å². The second-order valence-electron chi connectivity index (χ2n) is 6.41.